The minimum atomic E-state index is 0.0758. The van der Waals surface area contributed by atoms with Gasteiger partial charge in [0, 0.05) is 19.3 Å². The summed E-state index contributed by atoms with van der Waals surface area (Å²) in [6.07, 6.45) is 5.67. The molecule has 94 valence electrons. The number of carbonyl (C=O) groups is 1. The van der Waals surface area contributed by atoms with Gasteiger partial charge in [-0.15, -0.1) is 0 Å². The molecule has 5 nitrogen and oxygen atoms in total. The van der Waals surface area contributed by atoms with Crippen molar-refractivity contribution in [2.75, 3.05) is 26.2 Å². The lowest BCUT2D eigenvalue weighted by molar-refractivity contribution is 0.0729. The second kappa shape index (κ2) is 5.82. The zero-order chi connectivity index (χ0) is 12.1. The first-order chi connectivity index (χ1) is 8.31. The van der Waals surface area contributed by atoms with Crippen LogP contribution in [0.3, 0.4) is 0 Å². The number of H-pyrrole nitrogens is 1. The van der Waals surface area contributed by atoms with Crippen LogP contribution in [0.4, 0.5) is 0 Å². The maximum absolute atomic E-state index is 12.2. The summed E-state index contributed by atoms with van der Waals surface area (Å²) in [5.74, 6) is 0.659. The molecule has 1 unspecified atom stereocenters. The van der Waals surface area contributed by atoms with Gasteiger partial charge in [0.15, 0.2) is 0 Å². The van der Waals surface area contributed by atoms with Crippen LogP contribution < -0.4 is 5.32 Å². The number of piperidine rings is 1. The van der Waals surface area contributed by atoms with E-state index >= 15 is 0 Å². The Balaban J connectivity index is 1.93. The summed E-state index contributed by atoms with van der Waals surface area (Å²) >= 11 is 0. The number of carbonyl (C=O) groups excluding carboxylic acids is 1. The number of hydrogen-bond acceptors (Lipinski definition) is 3. The molecule has 1 aliphatic heterocycles. The van der Waals surface area contributed by atoms with Crippen molar-refractivity contribution in [3.63, 3.8) is 0 Å². The summed E-state index contributed by atoms with van der Waals surface area (Å²) in [7, 11) is 0. The Morgan fingerprint density at radius 1 is 1.65 bits per heavy atom. The molecule has 1 aromatic heterocycles. The van der Waals surface area contributed by atoms with Crippen molar-refractivity contribution in [2.24, 2.45) is 5.92 Å². The van der Waals surface area contributed by atoms with E-state index in [0.29, 0.717) is 11.5 Å². The van der Waals surface area contributed by atoms with Gasteiger partial charge in [0.05, 0.1) is 11.8 Å². The van der Waals surface area contributed by atoms with Gasteiger partial charge < -0.3 is 10.2 Å². The standard InChI is InChI=1S/C12H20N4O/c1-2-16(9-10-4-3-5-13-6-10)12(17)11-7-14-15-8-11/h7-8,10,13H,2-6,9H2,1H3,(H,14,15). The highest BCUT2D eigenvalue weighted by molar-refractivity contribution is 5.93. The largest absolute Gasteiger partial charge is 0.339 e. The van der Waals surface area contributed by atoms with Crippen molar-refractivity contribution in [1.29, 1.82) is 0 Å². The Hall–Kier alpha value is -1.36. The van der Waals surface area contributed by atoms with Crippen molar-refractivity contribution >= 4 is 5.91 Å². The molecule has 2 rings (SSSR count). The van der Waals surface area contributed by atoms with Crippen LogP contribution >= 0.6 is 0 Å². The smallest absolute Gasteiger partial charge is 0.257 e. The third kappa shape index (κ3) is 3.06. The summed E-state index contributed by atoms with van der Waals surface area (Å²) in [6, 6.07) is 0. The third-order valence-corrected chi connectivity index (χ3v) is 3.29. The van der Waals surface area contributed by atoms with Gasteiger partial charge in [0.25, 0.3) is 5.91 Å². The molecule has 1 atom stereocenters. The second-order valence-corrected chi connectivity index (χ2v) is 4.54. The van der Waals surface area contributed by atoms with E-state index in [0.717, 1.165) is 26.2 Å². The van der Waals surface area contributed by atoms with Crippen molar-refractivity contribution in [3.05, 3.63) is 18.0 Å². The van der Waals surface area contributed by atoms with Gasteiger partial charge in [0.2, 0.25) is 0 Å². The highest BCUT2D eigenvalue weighted by atomic mass is 16.2. The van der Waals surface area contributed by atoms with Gasteiger partial charge in [-0.2, -0.15) is 5.10 Å². The van der Waals surface area contributed by atoms with Gasteiger partial charge in [-0.25, -0.2) is 0 Å². The van der Waals surface area contributed by atoms with Crippen molar-refractivity contribution in [2.45, 2.75) is 19.8 Å². The van der Waals surface area contributed by atoms with Crippen LogP contribution in [-0.2, 0) is 0 Å². The monoisotopic (exact) mass is 236 g/mol. The minimum absolute atomic E-state index is 0.0758. The number of rotatable bonds is 4. The lowest BCUT2D eigenvalue weighted by Gasteiger charge is -2.29. The Morgan fingerprint density at radius 3 is 3.12 bits per heavy atom. The third-order valence-electron chi connectivity index (χ3n) is 3.29. The number of amides is 1. The molecule has 0 radical (unpaired) electrons. The zero-order valence-electron chi connectivity index (χ0n) is 10.3. The van der Waals surface area contributed by atoms with Crippen molar-refractivity contribution < 1.29 is 4.79 Å². The molecular weight excluding hydrogens is 216 g/mol. The van der Waals surface area contributed by atoms with E-state index in [1.165, 1.54) is 12.8 Å². The van der Waals surface area contributed by atoms with E-state index < -0.39 is 0 Å². The van der Waals surface area contributed by atoms with Gasteiger partial charge >= 0.3 is 0 Å². The number of nitrogens with one attached hydrogen (secondary N) is 2. The summed E-state index contributed by atoms with van der Waals surface area (Å²) in [5.41, 5.74) is 0.649. The number of aromatic amines is 1. The van der Waals surface area contributed by atoms with Crippen LogP contribution in [0.2, 0.25) is 0 Å². The fourth-order valence-corrected chi connectivity index (χ4v) is 2.30. The maximum Gasteiger partial charge on any atom is 0.257 e. The molecule has 0 spiro atoms. The predicted molar refractivity (Wildman–Crippen MR) is 65.8 cm³/mol. The first kappa shape index (κ1) is 12.1. The first-order valence-corrected chi connectivity index (χ1v) is 6.30. The Morgan fingerprint density at radius 2 is 2.53 bits per heavy atom. The van der Waals surface area contributed by atoms with Crippen LogP contribution in [0.15, 0.2) is 12.4 Å². The van der Waals surface area contributed by atoms with E-state index in [2.05, 4.69) is 15.5 Å². The highest BCUT2D eigenvalue weighted by Crippen LogP contribution is 2.13. The summed E-state index contributed by atoms with van der Waals surface area (Å²) in [5, 5.41) is 9.89. The predicted octanol–water partition coefficient (Wildman–Crippen LogP) is 0.871. The van der Waals surface area contributed by atoms with Crippen LogP contribution in [0, 0.1) is 5.92 Å². The number of hydrogen-bond donors (Lipinski definition) is 2. The molecule has 0 saturated carbocycles. The molecule has 1 amide bonds. The molecule has 2 N–H and O–H groups in total. The van der Waals surface area contributed by atoms with E-state index in [9.17, 15) is 4.79 Å². The second-order valence-electron chi connectivity index (χ2n) is 4.54. The summed E-state index contributed by atoms with van der Waals surface area (Å²) < 4.78 is 0. The molecule has 17 heavy (non-hydrogen) atoms. The molecule has 0 bridgehead atoms. The fourth-order valence-electron chi connectivity index (χ4n) is 2.30. The quantitative estimate of drug-likeness (QED) is 0.815. The number of nitrogens with zero attached hydrogens (tertiary/aromatic N) is 2. The molecule has 1 aromatic rings. The van der Waals surface area contributed by atoms with Gasteiger partial charge in [-0.1, -0.05) is 0 Å². The fraction of sp³-hybridized carbons (Fsp3) is 0.667. The van der Waals surface area contributed by atoms with Gasteiger partial charge in [-0.3, -0.25) is 9.89 Å². The lowest BCUT2D eigenvalue weighted by atomic mass is 9.99. The lowest BCUT2D eigenvalue weighted by Crippen LogP contribution is -2.40. The molecule has 1 fully saturated rings. The minimum Gasteiger partial charge on any atom is -0.339 e. The van der Waals surface area contributed by atoms with Crippen LogP contribution in [-0.4, -0.2) is 47.2 Å². The van der Waals surface area contributed by atoms with E-state index in [4.69, 9.17) is 0 Å². The normalized spacial score (nSPS) is 20.2. The van der Waals surface area contributed by atoms with Crippen LogP contribution in [0.25, 0.3) is 0 Å². The Kier molecular flexibility index (Phi) is 4.14. The van der Waals surface area contributed by atoms with Crippen LogP contribution in [0.5, 0.6) is 0 Å². The first-order valence-electron chi connectivity index (χ1n) is 6.30. The maximum atomic E-state index is 12.2. The molecule has 0 aliphatic carbocycles. The van der Waals surface area contributed by atoms with E-state index in [1.54, 1.807) is 12.4 Å². The Labute approximate surface area is 102 Å². The summed E-state index contributed by atoms with van der Waals surface area (Å²) in [4.78, 5) is 14.1. The topological polar surface area (TPSA) is 61.0 Å². The molecule has 0 aromatic carbocycles. The molecule has 5 heteroatoms. The van der Waals surface area contributed by atoms with Crippen molar-refractivity contribution in [3.8, 4) is 0 Å². The van der Waals surface area contributed by atoms with Crippen molar-refractivity contribution in [1.82, 2.24) is 20.4 Å². The molecule has 1 aliphatic rings. The summed E-state index contributed by atoms with van der Waals surface area (Å²) in [6.45, 7) is 5.75. The van der Waals surface area contributed by atoms with E-state index in [-0.39, 0.29) is 5.91 Å². The van der Waals surface area contributed by atoms with E-state index in [1.807, 2.05) is 11.8 Å². The molecule has 1 saturated heterocycles. The SMILES string of the molecule is CCN(CC1CCCNC1)C(=O)c1cn[nH]c1. The molecular formula is C12H20N4O. The average Bonchev–Trinajstić information content (AvgIpc) is 2.90. The number of aromatic nitrogens is 2. The molecule has 2 heterocycles. The zero-order valence-corrected chi connectivity index (χ0v) is 10.3. The highest BCUT2D eigenvalue weighted by Gasteiger charge is 2.20. The van der Waals surface area contributed by atoms with Gasteiger partial charge in [-0.05, 0) is 38.8 Å². The average molecular weight is 236 g/mol. The van der Waals surface area contributed by atoms with Crippen LogP contribution in [0.1, 0.15) is 30.1 Å². The Bertz CT molecular complexity index is 343. The van der Waals surface area contributed by atoms with Gasteiger partial charge in [0.1, 0.15) is 0 Å².